The van der Waals surface area contributed by atoms with Gasteiger partial charge in [-0.2, -0.15) is 0 Å². The molecule has 2 amide bonds. The maximum atomic E-state index is 14.6. The monoisotopic (exact) mass is 450 g/mol. The predicted molar refractivity (Wildman–Crippen MR) is 110 cm³/mol. The summed E-state index contributed by atoms with van der Waals surface area (Å²) < 4.78 is 34.5. The first kappa shape index (κ1) is 22.5. The van der Waals surface area contributed by atoms with Gasteiger partial charge in [0.25, 0.3) is 0 Å². The molecule has 0 radical (unpaired) electrons. The van der Waals surface area contributed by atoms with Crippen molar-refractivity contribution >= 4 is 18.0 Å². The van der Waals surface area contributed by atoms with E-state index in [9.17, 15) is 28.3 Å². The van der Waals surface area contributed by atoms with Crippen LogP contribution in [-0.4, -0.2) is 57.1 Å². The van der Waals surface area contributed by atoms with Gasteiger partial charge in [-0.15, -0.1) is 0 Å². The van der Waals surface area contributed by atoms with E-state index in [-0.39, 0.29) is 30.5 Å². The van der Waals surface area contributed by atoms with E-state index >= 15 is 0 Å². The molecule has 32 heavy (non-hydrogen) atoms. The Morgan fingerprint density at radius 1 is 1.12 bits per heavy atom. The summed E-state index contributed by atoms with van der Waals surface area (Å²) in [7, 11) is 0. The number of hydrogen-bond donors (Lipinski definition) is 1. The maximum Gasteiger partial charge on any atom is 0.411 e. The van der Waals surface area contributed by atoms with E-state index in [1.807, 2.05) is 0 Å². The minimum Gasteiger partial charge on any atom is -0.480 e. The lowest BCUT2D eigenvalue weighted by Gasteiger charge is -2.56. The minimum absolute atomic E-state index is 0.0726. The molecule has 0 bridgehead atoms. The van der Waals surface area contributed by atoms with E-state index in [1.165, 1.54) is 9.80 Å². The highest BCUT2D eigenvalue weighted by Crippen LogP contribution is 2.51. The molecule has 1 saturated heterocycles. The molecule has 9 heteroatoms. The average molecular weight is 450 g/mol. The van der Waals surface area contributed by atoms with Crippen LogP contribution in [-0.2, 0) is 26.3 Å². The minimum atomic E-state index is -1.33. The lowest BCUT2D eigenvalue weighted by Crippen LogP contribution is -2.73. The summed E-state index contributed by atoms with van der Waals surface area (Å²) >= 11 is 0. The maximum absolute atomic E-state index is 14.6. The van der Waals surface area contributed by atoms with Crippen LogP contribution in [0, 0.1) is 11.6 Å². The number of nitrogens with zero attached hydrogens (tertiary/aromatic N) is 2. The van der Waals surface area contributed by atoms with Gasteiger partial charge >= 0.3 is 12.1 Å². The molecular formula is C23H28F2N2O5. The quantitative estimate of drug-likeness (QED) is 0.744. The number of fused-ring (bicyclic) bond motifs is 2. The second-order valence-electron chi connectivity index (χ2n) is 10.0. The third kappa shape index (κ3) is 3.42. The number of amides is 2. The highest BCUT2D eigenvalue weighted by atomic mass is 19.1. The Hall–Kier alpha value is -2.71. The molecule has 1 aliphatic heterocycles. The zero-order chi connectivity index (χ0) is 23.5. The molecule has 4 rings (SSSR count). The second-order valence-corrected chi connectivity index (χ2v) is 10.0. The van der Waals surface area contributed by atoms with Crippen LogP contribution in [0.1, 0.15) is 64.0 Å². The topological polar surface area (TPSA) is 87.2 Å². The van der Waals surface area contributed by atoms with Crippen molar-refractivity contribution in [2.75, 3.05) is 13.1 Å². The summed E-state index contributed by atoms with van der Waals surface area (Å²) in [6.07, 6.45) is 1.92. The molecule has 1 saturated carbocycles. The van der Waals surface area contributed by atoms with Crippen LogP contribution in [0.2, 0.25) is 0 Å². The van der Waals surface area contributed by atoms with Crippen molar-refractivity contribution in [3.8, 4) is 0 Å². The second kappa shape index (κ2) is 7.42. The fraction of sp³-hybridized carbons (Fsp3) is 0.609. The van der Waals surface area contributed by atoms with E-state index < -0.39 is 52.8 Å². The number of carbonyl (C=O) groups is 3. The molecule has 1 aromatic carbocycles. The van der Waals surface area contributed by atoms with Crippen molar-refractivity contribution in [3.63, 3.8) is 0 Å². The van der Waals surface area contributed by atoms with E-state index in [0.29, 0.717) is 25.7 Å². The summed E-state index contributed by atoms with van der Waals surface area (Å²) in [5, 5.41) is 9.60. The van der Waals surface area contributed by atoms with E-state index in [0.717, 1.165) is 12.1 Å². The van der Waals surface area contributed by atoms with Crippen molar-refractivity contribution in [2.24, 2.45) is 0 Å². The molecule has 3 aliphatic rings. The van der Waals surface area contributed by atoms with Crippen LogP contribution in [0.25, 0.3) is 0 Å². The standard InChI is InChI=1S/C23H28F2N2O5/c1-21(2,3)32-20(31)27-13-23(9-6-15-16(23)10-14(24)11-17(15)25)26(12-18(28)29)19(30)22(27)7-4-5-8-22/h10-11H,4-9,12-13H2,1-3H3,(H,28,29)/t23-/m0/s1. The normalized spacial score (nSPS) is 24.3. The number of benzene rings is 1. The Morgan fingerprint density at radius 3 is 2.38 bits per heavy atom. The molecule has 2 spiro atoms. The van der Waals surface area contributed by atoms with Crippen LogP contribution in [0.5, 0.6) is 0 Å². The highest BCUT2D eigenvalue weighted by Gasteiger charge is 2.63. The van der Waals surface area contributed by atoms with Gasteiger partial charge in [-0.1, -0.05) is 12.8 Å². The third-order valence-electron chi connectivity index (χ3n) is 6.88. The predicted octanol–water partition coefficient (Wildman–Crippen LogP) is 3.58. The van der Waals surface area contributed by atoms with E-state index in [4.69, 9.17) is 4.74 Å². The van der Waals surface area contributed by atoms with Crippen LogP contribution >= 0.6 is 0 Å². The zero-order valence-corrected chi connectivity index (χ0v) is 18.5. The molecule has 1 aromatic rings. The lowest BCUT2D eigenvalue weighted by molar-refractivity contribution is -0.170. The molecule has 2 fully saturated rings. The van der Waals surface area contributed by atoms with Gasteiger partial charge in [0, 0.05) is 6.07 Å². The van der Waals surface area contributed by atoms with Crippen molar-refractivity contribution in [1.82, 2.24) is 9.80 Å². The van der Waals surface area contributed by atoms with Crippen LogP contribution in [0.4, 0.5) is 13.6 Å². The summed E-state index contributed by atoms with van der Waals surface area (Å²) in [5.74, 6) is -3.26. The molecule has 1 atom stereocenters. The number of carbonyl (C=O) groups excluding carboxylic acids is 2. The number of hydrogen-bond acceptors (Lipinski definition) is 4. The van der Waals surface area contributed by atoms with Crippen molar-refractivity contribution in [3.05, 3.63) is 34.9 Å². The van der Waals surface area contributed by atoms with E-state index in [2.05, 4.69) is 0 Å². The Balaban J connectivity index is 1.88. The van der Waals surface area contributed by atoms with Gasteiger partial charge in [0.15, 0.2) is 0 Å². The highest BCUT2D eigenvalue weighted by molar-refractivity contribution is 5.94. The van der Waals surface area contributed by atoms with Gasteiger partial charge in [-0.3, -0.25) is 14.5 Å². The van der Waals surface area contributed by atoms with Crippen molar-refractivity contribution < 1.29 is 33.0 Å². The van der Waals surface area contributed by atoms with E-state index in [1.54, 1.807) is 20.8 Å². The van der Waals surface area contributed by atoms with Gasteiger partial charge in [-0.25, -0.2) is 13.6 Å². The smallest absolute Gasteiger partial charge is 0.411 e. The van der Waals surface area contributed by atoms with Crippen LogP contribution in [0.15, 0.2) is 12.1 Å². The SMILES string of the molecule is CC(C)(C)OC(=O)N1C[C@]2(CCc3c(F)cc(F)cc32)N(CC(=O)O)C(=O)C12CCCC2. The first-order valence-corrected chi connectivity index (χ1v) is 10.9. The lowest BCUT2D eigenvalue weighted by atomic mass is 9.79. The van der Waals surface area contributed by atoms with Crippen molar-refractivity contribution in [2.45, 2.75) is 76.0 Å². The first-order valence-electron chi connectivity index (χ1n) is 10.9. The largest absolute Gasteiger partial charge is 0.480 e. The first-order chi connectivity index (χ1) is 14.9. The molecule has 7 nitrogen and oxygen atoms in total. The molecule has 174 valence electrons. The number of ether oxygens (including phenoxy) is 1. The number of carboxylic acid groups (broad SMARTS) is 1. The van der Waals surface area contributed by atoms with Crippen LogP contribution in [0.3, 0.4) is 0 Å². The van der Waals surface area contributed by atoms with Gasteiger partial charge in [0.05, 0.1) is 12.1 Å². The number of piperazine rings is 1. The van der Waals surface area contributed by atoms with Gasteiger partial charge in [0.2, 0.25) is 5.91 Å². The number of carboxylic acids is 1. The van der Waals surface area contributed by atoms with Gasteiger partial charge < -0.3 is 14.7 Å². The van der Waals surface area contributed by atoms with Crippen molar-refractivity contribution in [1.29, 1.82) is 0 Å². The average Bonchev–Trinajstić information content (AvgIpc) is 3.28. The Labute approximate surface area is 185 Å². The molecule has 0 aromatic heterocycles. The molecular weight excluding hydrogens is 422 g/mol. The summed E-state index contributed by atoms with van der Waals surface area (Å²) in [6.45, 7) is 4.48. The Kier molecular flexibility index (Phi) is 5.21. The Bertz CT molecular complexity index is 983. The fourth-order valence-electron chi connectivity index (χ4n) is 5.60. The van der Waals surface area contributed by atoms with Crippen LogP contribution < -0.4 is 0 Å². The third-order valence-corrected chi connectivity index (χ3v) is 6.88. The summed E-state index contributed by atoms with van der Waals surface area (Å²) in [5.41, 5.74) is -2.88. The number of halogens is 2. The Morgan fingerprint density at radius 2 is 1.78 bits per heavy atom. The number of rotatable bonds is 2. The number of aliphatic carboxylic acids is 1. The van der Waals surface area contributed by atoms with Gasteiger partial charge in [0.1, 0.15) is 29.3 Å². The zero-order valence-electron chi connectivity index (χ0n) is 18.5. The molecule has 1 N–H and O–H groups in total. The molecule has 0 unspecified atom stereocenters. The fourth-order valence-corrected chi connectivity index (χ4v) is 5.60. The summed E-state index contributed by atoms with van der Waals surface area (Å²) in [4.78, 5) is 41.6. The summed E-state index contributed by atoms with van der Waals surface area (Å²) in [6, 6.07) is 1.95. The van der Waals surface area contributed by atoms with Gasteiger partial charge in [-0.05, 0) is 63.6 Å². The molecule has 2 aliphatic carbocycles. The molecule has 1 heterocycles.